The highest BCUT2D eigenvalue weighted by atomic mass is 16.5. The van der Waals surface area contributed by atoms with Crippen LogP contribution in [0.4, 0.5) is 0 Å². The summed E-state index contributed by atoms with van der Waals surface area (Å²) in [6.07, 6.45) is 14.7. The summed E-state index contributed by atoms with van der Waals surface area (Å²) in [4.78, 5) is 24.0. The van der Waals surface area contributed by atoms with E-state index in [1.165, 1.54) is 19.8 Å². The number of carbonyl (C=O) groups is 2. The molecule has 202 valence electrons. The molecule has 4 rings (SSSR count). The third-order valence-electron chi connectivity index (χ3n) is 11.1. The molecule has 0 heterocycles. The summed E-state index contributed by atoms with van der Waals surface area (Å²) in [5.74, 6) is 3.33. The van der Waals surface area contributed by atoms with Crippen molar-refractivity contribution < 1.29 is 19.1 Å². The molecule has 4 aliphatic rings. The highest BCUT2D eigenvalue weighted by Gasteiger charge is 2.62. The Morgan fingerprint density at radius 2 is 1.67 bits per heavy atom. The van der Waals surface area contributed by atoms with E-state index in [2.05, 4.69) is 59.8 Å². The second kappa shape index (κ2) is 10.3. The van der Waals surface area contributed by atoms with Gasteiger partial charge in [0.2, 0.25) is 0 Å². The minimum atomic E-state index is -0.176. The fraction of sp³-hybridized carbons (Fsp3) is 0.812. The van der Waals surface area contributed by atoms with Crippen molar-refractivity contribution in [2.24, 2.45) is 52.3 Å². The molecule has 4 heteroatoms. The van der Waals surface area contributed by atoms with Crippen LogP contribution in [0, 0.1) is 52.3 Å². The van der Waals surface area contributed by atoms with E-state index in [0.29, 0.717) is 35.5 Å². The first-order chi connectivity index (χ1) is 16.9. The van der Waals surface area contributed by atoms with E-state index in [0.717, 1.165) is 32.1 Å². The summed E-state index contributed by atoms with van der Waals surface area (Å²) in [5.41, 5.74) is 1.80. The SMILES string of the molecule is CC(=O)O[C@@H]1CC[C@@]2(C)[C@@H](CC=C3[C@@H]2[C@H](OC(C)=O)C[C@@]2(C)[C@@H]([C@H](C)/C=C/[C@H](C)C(C)C)CC[C@@H]32)C1. The lowest BCUT2D eigenvalue weighted by Crippen LogP contribution is -2.56. The highest BCUT2D eigenvalue weighted by Crippen LogP contribution is 2.67. The van der Waals surface area contributed by atoms with Crippen molar-refractivity contribution in [2.45, 2.75) is 113 Å². The van der Waals surface area contributed by atoms with Crippen LogP contribution in [0.5, 0.6) is 0 Å². The number of esters is 2. The molecule has 10 atom stereocenters. The van der Waals surface area contributed by atoms with Gasteiger partial charge in [-0.2, -0.15) is 0 Å². The number of fused-ring (bicyclic) bond motifs is 5. The molecule has 0 unspecified atom stereocenters. The predicted molar refractivity (Wildman–Crippen MR) is 144 cm³/mol. The lowest BCUT2D eigenvalue weighted by Gasteiger charge is -2.59. The van der Waals surface area contributed by atoms with E-state index in [1.807, 2.05) is 0 Å². The van der Waals surface area contributed by atoms with Gasteiger partial charge in [0.25, 0.3) is 0 Å². The zero-order valence-electron chi connectivity index (χ0n) is 24.0. The highest BCUT2D eigenvalue weighted by molar-refractivity contribution is 5.66. The summed E-state index contributed by atoms with van der Waals surface area (Å²) < 4.78 is 11.9. The molecule has 0 bridgehead atoms. The summed E-state index contributed by atoms with van der Waals surface area (Å²) in [6, 6.07) is 0. The van der Waals surface area contributed by atoms with Crippen molar-refractivity contribution in [3.05, 3.63) is 23.8 Å². The molecule has 0 N–H and O–H groups in total. The minimum absolute atomic E-state index is 0.0216. The van der Waals surface area contributed by atoms with Crippen molar-refractivity contribution in [1.29, 1.82) is 0 Å². The van der Waals surface area contributed by atoms with Gasteiger partial charge in [0.1, 0.15) is 12.2 Å². The zero-order chi connectivity index (χ0) is 26.4. The molecule has 0 saturated heterocycles. The van der Waals surface area contributed by atoms with Gasteiger partial charge in [-0.3, -0.25) is 9.59 Å². The van der Waals surface area contributed by atoms with Gasteiger partial charge in [-0.25, -0.2) is 0 Å². The van der Waals surface area contributed by atoms with Crippen LogP contribution in [-0.4, -0.2) is 24.1 Å². The molecule has 4 nitrogen and oxygen atoms in total. The Morgan fingerprint density at radius 3 is 2.31 bits per heavy atom. The van der Waals surface area contributed by atoms with E-state index in [-0.39, 0.29) is 40.9 Å². The van der Waals surface area contributed by atoms with Crippen LogP contribution >= 0.6 is 0 Å². The first-order valence-corrected chi connectivity index (χ1v) is 14.6. The Balaban J connectivity index is 1.64. The molecule has 0 aromatic rings. The smallest absolute Gasteiger partial charge is 0.302 e. The number of hydrogen-bond acceptors (Lipinski definition) is 4. The lowest BCUT2D eigenvalue weighted by molar-refractivity contribution is -0.168. The van der Waals surface area contributed by atoms with E-state index >= 15 is 0 Å². The Morgan fingerprint density at radius 1 is 0.972 bits per heavy atom. The van der Waals surface area contributed by atoms with Crippen molar-refractivity contribution in [3.63, 3.8) is 0 Å². The maximum absolute atomic E-state index is 12.4. The van der Waals surface area contributed by atoms with Gasteiger partial charge in [0.15, 0.2) is 0 Å². The first kappa shape index (κ1) is 27.5. The molecule has 36 heavy (non-hydrogen) atoms. The number of carbonyl (C=O) groups excluding carboxylic acids is 2. The quantitative estimate of drug-likeness (QED) is 0.281. The van der Waals surface area contributed by atoms with Crippen molar-refractivity contribution in [3.8, 4) is 0 Å². The van der Waals surface area contributed by atoms with Gasteiger partial charge in [0.05, 0.1) is 0 Å². The summed E-state index contributed by atoms with van der Waals surface area (Å²) in [5, 5.41) is 0. The monoisotopic (exact) mass is 498 g/mol. The van der Waals surface area contributed by atoms with Crippen LogP contribution in [-0.2, 0) is 19.1 Å². The summed E-state index contributed by atoms with van der Waals surface area (Å²) >= 11 is 0. The van der Waals surface area contributed by atoms with E-state index < -0.39 is 0 Å². The largest absolute Gasteiger partial charge is 0.463 e. The topological polar surface area (TPSA) is 52.6 Å². The van der Waals surface area contributed by atoms with Crippen LogP contribution in [0.3, 0.4) is 0 Å². The van der Waals surface area contributed by atoms with E-state index in [4.69, 9.17) is 9.47 Å². The average Bonchev–Trinajstić information content (AvgIpc) is 3.13. The molecule has 0 aromatic heterocycles. The average molecular weight is 499 g/mol. The Bertz CT molecular complexity index is 902. The summed E-state index contributed by atoms with van der Waals surface area (Å²) in [7, 11) is 0. The van der Waals surface area contributed by atoms with Gasteiger partial charge in [-0.1, -0.05) is 65.3 Å². The third-order valence-corrected chi connectivity index (χ3v) is 11.1. The van der Waals surface area contributed by atoms with Crippen molar-refractivity contribution in [1.82, 2.24) is 0 Å². The fourth-order valence-electron chi connectivity index (χ4n) is 8.83. The lowest BCUT2D eigenvalue weighted by atomic mass is 9.46. The molecule has 3 fully saturated rings. The molecule has 0 spiro atoms. The van der Waals surface area contributed by atoms with Crippen LogP contribution in [0.2, 0.25) is 0 Å². The molecule has 0 aliphatic heterocycles. The van der Waals surface area contributed by atoms with Crippen molar-refractivity contribution in [2.75, 3.05) is 0 Å². The molecule has 4 aliphatic carbocycles. The molecular formula is C32H50O4. The molecule has 0 aromatic carbocycles. The predicted octanol–water partition coefficient (Wildman–Crippen LogP) is 7.52. The van der Waals surface area contributed by atoms with Crippen LogP contribution < -0.4 is 0 Å². The van der Waals surface area contributed by atoms with Gasteiger partial charge in [0, 0.05) is 19.8 Å². The Hall–Kier alpha value is -1.58. The minimum Gasteiger partial charge on any atom is -0.463 e. The van der Waals surface area contributed by atoms with Crippen molar-refractivity contribution >= 4 is 11.9 Å². The molecule has 0 amide bonds. The Kier molecular flexibility index (Phi) is 7.85. The fourth-order valence-corrected chi connectivity index (χ4v) is 8.83. The van der Waals surface area contributed by atoms with E-state index in [1.54, 1.807) is 12.5 Å². The second-order valence-electron chi connectivity index (χ2n) is 13.6. The van der Waals surface area contributed by atoms with Crippen LogP contribution in [0.1, 0.15) is 100 Å². The standard InChI is InChI=1S/C32H50O4/c1-19(2)20(3)9-10-21(4)27-13-14-28-26-12-11-24-17-25(35-22(5)33)15-16-31(24,7)30(26)29(36-23(6)34)18-32(27,28)8/h9-10,12,19-21,24-25,27-30H,11,13-18H2,1-8H3/b10-9+/t20-,21+,24-,25+,27+,28-,29+,30+,31-,32-/m0/s1. The van der Waals surface area contributed by atoms with Gasteiger partial charge < -0.3 is 9.47 Å². The van der Waals surface area contributed by atoms with E-state index in [9.17, 15) is 9.59 Å². The van der Waals surface area contributed by atoms with Gasteiger partial charge in [-0.05, 0) is 91.3 Å². The number of hydrogen-bond donors (Lipinski definition) is 0. The number of allylic oxidation sites excluding steroid dienone is 3. The third kappa shape index (κ3) is 4.95. The number of rotatable bonds is 6. The molecular weight excluding hydrogens is 448 g/mol. The van der Waals surface area contributed by atoms with Gasteiger partial charge in [-0.15, -0.1) is 0 Å². The second-order valence-corrected chi connectivity index (χ2v) is 13.6. The summed E-state index contributed by atoms with van der Waals surface area (Å²) in [6.45, 7) is 17.3. The zero-order valence-corrected chi connectivity index (χ0v) is 24.0. The number of ether oxygens (including phenoxy) is 2. The first-order valence-electron chi connectivity index (χ1n) is 14.6. The Labute approximate surface area is 219 Å². The normalized spacial score (nSPS) is 41.6. The molecule has 0 radical (unpaired) electrons. The van der Waals surface area contributed by atoms with Crippen LogP contribution in [0.15, 0.2) is 23.8 Å². The van der Waals surface area contributed by atoms with Crippen LogP contribution in [0.25, 0.3) is 0 Å². The van der Waals surface area contributed by atoms with Gasteiger partial charge >= 0.3 is 11.9 Å². The molecule has 3 saturated carbocycles. The maximum Gasteiger partial charge on any atom is 0.302 e. The maximum atomic E-state index is 12.4.